The summed E-state index contributed by atoms with van der Waals surface area (Å²) in [6, 6.07) is 5.41. The molecule has 0 radical (unpaired) electrons. The smallest absolute Gasteiger partial charge is 0.127 e. The molecule has 1 aromatic rings. The van der Waals surface area contributed by atoms with Gasteiger partial charge in [-0.1, -0.05) is 43.9 Å². The molecular weight excluding hydrogens is 261 g/mol. The molecule has 19 heavy (non-hydrogen) atoms. The molecule has 2 rings (SSSR count). The van der Waals surface area contributed by atoms with Crippen molar-refractivity contribution in [2.24, 2.45) is 5.92 Å². The predicted octanol–water partition coefficient (Wildman–Crippen LogP) is 4.58. The van der Waals surface area contributed by atoms with Gasteiger partial charge in [-0.2, -0.15) is 0 Å². The van der Waals surface area contributed by atoms with Gasteiger partial charge in [0, 0.05) is 11.1 Å². The molecule has 0 aromatic heterocycles. The van der Waals surface area contributed by atoms with Crippen molar-refractivity contribution >= 4 is 11.6 Å². The molecule has 0 bridgehead atoms. The van der Waals surface area contributed by atoms with E-state index in [4.69, 9.17) is 11.6 Å². The molecule has 0 saturated heterocycles. The first-order valence-electron chi connectivity index (χ1n) is 7.38. The van der Waals surface area contributed by atoms with Gasteiger partial charge in [-0.05, 0) is 49.4 Å². The van der Waals surface area contributed by atoms with Gasteiger partial charge in [0.25, 0.3) is 0 Å². The maximum absolute atomic E-state index is 13.9. The van der Waals surface area contributed by atoms with Crippen molar-refractivity contribution in [2.75, 3.05) is 6.54 Å². The van der Waals surface area contributed by atoms with Gasteiger partial charge in [-0.15, -0.1) is 0 Å². The highest BCUT2D eigenvalue weighted by atomic mass is 35.5. The molecule has 1 saturated carbocycles. The highest BCUT2D eigenvalue weighted by Crippen LogP contribution is 2.28. The van der Waals surface area contributed by atoms with E-state index in [1.807, 2.05) is 6.07 Å². The standard InChI is InChI=1S/C16H23ClFN/c1-2-19-16(12-6-4-3-5-7-12)10-13-8-9-14(17)11-15(13)18/h8-9,11-12,16,19H,2-7,10H2,1H3. The van der Waals surface area contributed by atoms with E-state index in [1.165, 1.54) is 38.2 Å². The monoisotopic (exact) mass is 283 g/mol. The largest absolute Gasteiger partial charge is 0.314 e. The van der Waals surface area contributed by atoms with E-state index in [0.717, 1.165) is 18.5 Å². The van der Waals surface area contributed by atoms with Gasteiger partial charge in [-0.25, -0.2) is 4.39 Å². The van der Waals surface area contributed by atoms with Crippen molar-refractivity contribution in [3.8, 4) is 0 Å². The summed E-state index contributed by atoms with van der Waals surface area (Å²) in [4.78, 5) is 0. The van der Waals surface area contributed by atoms with Gasteiger partial charge in [0.15, 0.2) is 0 Å². The fourth-order valence-electron chi connectivity index (χ4n) is 3.13. The van der Waals surface area contributed by atoms with Crippen LogP contribution in [0.15, 0.2) is 18.2 Å². The fourth-order valence-corrected chi connectivity index (χ4v) is 3.29. The number of hydrogen-bond donors (Lipinski definition) is 1. The lowest BCUT2D eigenvalue weighted by Gasteiger charge is -2.31. The number of rotatable bonds is 5. The second kappa shape index (κ2) is 7.25. The van der Waals surface area contributed by atoms with E-state index in [1.54, 1.807) is 6.07 Å². The van der Waals surface area contributed by atoms with Gasteiger partial charge in [-0.3, -0.25) is 0 Å². The van der Waals surface area contributed by atoms with Crippen molar-refractivity contribution in [2.45, 2.75) is 51.5 Å². The molecule has 0 aliphatic heterocycles. The van der Waals surface area contributed by atoms with E-state index in [2.05, 4.69) is 12.2 Å². The van der Waals surface area contributed by atoms with Crippen LogP contribution in [0, 0.1) is 11.7 Å². The van der Waals surface area contributed by atoms with E-state index in [9.17, 15) is 4.39 Å². The van der Waals surface area contributed by atoms with Crippen molar-refractivity contribution in [1.29, 1.82) is 0 Å². The number of likely N-dealkylation sites (N-methyl/N-ethyl adjacent to an activating group) is 1. The topological polar surface area (TPSA) is 12.0 Å². The van der Waals surface area contributed by atoms with Gasteiger partial charge in [0.1, 0.15) is 5.82 Å². The van der Waals surface area contributed by atoms with Gasteiger partial charge >= 0.3 is 0 Å². The third-order valence-corrected chi connectivity index (χ3v) is 4.38. The average Bonchev–Trinajstić information content (AvgIpc) is 2.42. The number of hydrogen-bond acceptors (Lipinski definition) is 1. The van der Waals surface area contributed by atoms with Crippen LogP contribution in [0.3, 0.4) is 0 Å². The van der Waals surface area contributed by atoms with Gasteiger partial charge in [0.05, 0.1) is 0 Å². The van der Waals surface area contributed by atoms with Crippen molar-refractivity contribution in [3.05, 3.63) is 34.6 Å². The number of nitrogens with one attached hydrogen (secondary N) is 1. The summed E-state index contributed by atoms with van der Waals surface area (Å²) in [5, 5.41) is 4.01. The molecule has 0 amide bonds. The minimum absolute atomic E-state index is 0.175. The Morgan fingerprint density at radius 2 is 2.05 bits per heavy atom. The Morgan fingerprint density at radius 1 is 1.32 bits per heavy atom. The Morgan fingerprint density at radius 3 is 2.68 bits per heavy atom. The van der Waals surface area contributed by atoms with E-state index in [-0.39, 0.29) is 5.82 Å². The Labute approximate surface area is 120 Å². The van der Waals surface area contributed by atoms with Crippen LogP contribution in [-0.2, 0) is 6.42 Å². The lowest BCUT2D eigenvalue weighted by molar-refractivity contribution is 0.268. The molecule has 3 heteroatoms. The van der Waals surface area contributed by atoms with Crippen molar-refractivity contribution in [1.82, 2.24) is 5.32 Å². The summed E-state index contributed by atoms with van der Waals surface area (Å²) >= 11 is 5.81. The predicted molar refractivity (Wildman–Crippen MR) is 79.2 cm³/mol. The third-order valence-electron chi connectivity index (χ3n) is 4.14. The SMILES string of the molecule is CCNC(Cc1ccc(Cl)cc1F)C1CCCCC1. The molecule has 1 atom stereocenters. The van der Waals surface area contributed by atoms with Crippen LogP contribution < -0.4 is 5.32 Å². The maximum Gasteiger partial charge on any atom is 0.127 e. The van der Waals surface area contributed by atoms with Crippen molar-refractivity contribution < 1.29 is 4.39 Å². The second-order valence-corrected chi connectivity index (χ2v) is 5.94. The summed E-state index contributed by atoms with van der Waals surface area (Å²) in [5.41, 5.74) is 0.779. The maximum atomic E-state index is 13.9. The molecule has 1 aromatic carbocycles. The van der Waals surface area contributed by atoms with Crippen LogP contribution in [-0.4, -0.2) is 12.6 Å². The van der Waals surface area contributed by atoms with Crippen LogP contribution in [0.5, 0.6) is 0 Å². The first kappa shape index (κ1) is 14.8. The lowest BCUT2D eigenvalue weighted by Crippen LogP contribution is -2.39. The minimum Gasteiger partial charge on any atom is -0.314 e. The highest BCUT2D eigenvalue weighted by Gasteiger charge is 2.23. The third kappa shape index (κ3) is 4.19. The molecule has 0 heterocycles. The average molecular weight is 284 g/mol. The Balaban J connectivity index is 2.06. The summed E-state index contributed by atoms with van der Waals surface area (Å²) in [6.45, 7) is 3.06. The van der Waals surface area contributed by atoms with Crippen LogP contribution in [0.2, 0.25) is 5.02 Å². The lowest BCUT2D eigenvalue weighted by atomic mass is 9.81. The van der Waals surface area contributed by atoms with E-state index >= 15 is 0 Å². The first-order chi connectivity index (χ1) is 9.20. The van der Waals surface area contributed by atoms with Crippen molar-refractivity contribution in [3.63, 3.8) is 0 Å². The molecule has 1 aliphatic carbocycles. The van der Waals surface area contributed by atoms with Gasteiger partial charge in [0.2, 0.25) is 0 Å². The second-order valence-electron chi connectivity index (χ2n) is 5.50. The van der Waals surface area contributed by atoms with E-state index < -0.39 is 0 Å². The molecule has 1 fully saturated rings. The summed E-state index contributed by atoms with van der Waals surface area (Å²) in [6.07, 6.45) is 7.29. The fraction of sp³-hybridized carbons (Fsp3) is 0.625. The summed E-state index contributed by atoms with van der Waals surface area (Å²) in [7, 11) is 0. The normalized spacial score (nSPS) is 18.5. The quantitative estimate of drug-likeness (QED) is 0.834. The molecule has 106 valence electrons. The number of halogens is 2. The van der Waals surface area contributed by atoms with Crippen LogP contribution >= 0.6 is 11.6 Å². The van der Waals surface area contributed by atoms with Crippen LogP contribution in [0.25, 0.3) is 0 Å². The van der Waals surface area contributed by atoms with Crippen LogP contribution in [0.4, 0.5) is 4.39 Å². The Bertz CT molecular complexity index is 402. The zero-order chi connectivity index (χ0) is 13.7. The molecule has 1 nitrogen and oxygen atoms in total. The highest BCUT2D eigenvalue weighted by molar-refractivity contribution is 6.30. The summed E-state index contributed by atoms with van der Waals surface area (Å²) in [5.74, 6) is 0.509. The summed E-state index contributed by atoms with van der Waals surface area (Å²) < 4.78 is 13.9. The minimum atomic E-state index is -0.175. The Kier molecular flexibility index (Phi) is 5.65. The zero-order valence-corrected chi connectivity index (χ0v) is 12.3. The van der Waals surface area contributed by atoms with Gasteiger partial charge < -0.3 is 5.32 Å². The molecule has 1 unspecified atom stereocenters. The molecule has 1 aliphatic rings. The number of benzene rings is 1. The molecule has 0 spiro atoms. The zero-order valence-electron chi connectivity index (χ0n) is 11.6. The van der Waals surface area contributed by atoms with E-state index in [0.29, 0.717) is 17.0 Å². The van der Waals surface area contributed by atoms with Crippen LogP contribution in [0.1, 0.15) is 44.6 Å². The molecular formula is C16H23ClFN. The Hall–Kier alpha value is -0.600. The first-order valence-corrected chi connectivity index (χ1v) is 7.75. The molecule has 1 N–H and O–H groups in total.